The molecule has 1 aliphatic heterocycles. The SMILES string of the molecule is COc1ccc(F)cc1CC(=O)N1CCCCC1CCC(=O)O. The van der Waals surface area contributed by atoms with Gasteiger partial charge in [0, 0.05) is 24.6 Å². The zero-order chi connectivity index (χ0) is 16.8. The van der Waals surface area contributed by atoms with Crippen LogP contribution in [0, 0.1) is 5.82 Å². The van der Waals surface area contributed by atoms with Gasteiger partial charge in [-0.05, 0) is 43.9 Å². The van der Waals surface area contributed by atoms with Crippen molar-refractivity contribution in [2.24, 2.45) is 0 Å². The Morgan fingerprint density at radius 2 is 2.17 bits per heavy atom. The minimum atomic E-state index is -0.852. The second-order valence-electron chi connectivity index (χ2n) is 5.80. The molecule has 23 heavy (non-hydrogen) atoms. The number of rotatable bonds is 6. The van der Waals surface area contributed by atoms with E-state index in [-0.39, 0.29) is 24.8 Å². The van der Waals surface area contributed by atoms with Crippen LogP contribution in [0.4, 0.5) is 4.39 Å². The lowest BCUT2D eigenvalue weighted by atomic mass is 9.97. The summed E-state index contributed by atoms with van der Waals surface area (Å²) in [6.07, 6.45) is 3.30. The van der Waals surface area contributed by atoms with E-state index in [1.165, 1.54) is 25.3 Å². The van der Waals surface area contributed by atoms with Gasteiger partial charge in [-0.3, -0.25) is 9.59 Å². The third kappa shape index (κ3) is 4.68. The van der Waals surface area contributed by atoms with Crippen molar-refractivity contribution >= 4 is 11.9 Å². The summed E-state index contributed by atoms with van der Waals surface area (Å²) in [7, 11) is 1.48. The van der Waals surface area contributed by atoms with Crippen molar-refractivity contribution in [2.45, 2.75) is 44.6 Å². The minimum Gasteiger partial charge on any atom is -0.496 e. The topological polar surface area (TPSA) is 66.8 Å². The van der Waals surface area contributed by atoms with Crippen LogP contribution < -0.4 is 4.74 Å². The number of carboxylic acids is 1. The molecule has 6 heteroatoms. The Morgan fingerprint density at radius 3 is 2.87 bits per heavy atom. The van der Waals surface area contributed by atoms with E-state index in [0.29, 0.717) is 24.3 Å². The van der Waals surface area contributed by atoms with Gasteiger partial charge in [-0.2, -0.15) is 0 Å². The number of hydrogen-bond donors (Lipinski definition) is 1. The second-order valence-corrected chi connectivity index (χ2v) is 5.80. The van der Waals surface area contributed by atoms with Crippen LogP contribution in [0.15, 0.2) is 18.2 Å². The monoisotopic (exact) mass is 323 g/mol. The van der Waals surface area contributed by atoms with Crippen LogP contribution in [-0.2, 0) is 16.0 Å². The normalized spacial score (nSPS) is 17.8. The lowest BCUT2D eigenvalue weighted by molar-refractivity contribution is -0.139. The molecule has 1 aliphatic rings. The lowest BCUT2D eigenvalue weighted by Gasteiger charge is -2.36. The number of piperidine rings is 1. The third-order valence-electron chi connectivity index (χ3n) is 4.22. The van der Waals surface area contributed by atoms with Crippen molar-refractivity contribution in [2.75, 3.05) is 13.7 Å². The number of ether oxygens (including phenoxy) is 1. The first kappa shape index (κ1) is 17.2. The molecule has 1 amide bonds. The van der Waals surface area contributed by atoms with Crippen molar-refractivity contribution in [1.82, 2.24) is 4.90 Å². The molecule has 126 valence electrons. The molecule has 1 heterocycles. The Labute approximate surface area is 135 Å². The van der Waals surface area contributed by atoms with Crippen molar-refractivity contribution in [1.29, 1.82) is 0 Å². The molecular weight excluding hydrogens is 301 g/mol. The van der Waals surface area contributed by atoms with Crippen molar-refractivity contribution in [3.8, 4) is 5.75 Å². The van der Waals surface area contributed by atoms with E-state index >= 15 is 0 Å². The predicted octanol–water partition coefficient (Wildman–Crippen LogP) is 2.62. The van der Waals surface area contributed by atoms with E-state index in [0.717, 1.165) is 19.3 Å². The Hall–Kier alpha value is -2.11. The maximum Gasteiger partial charge on any atom is 0.303 e. The van der Waals surface area contributed by atoms with Gasteiger partial charge in [0.25, 0.3) is 0 Å². The predicted molar refractivity (Wildman–Crippen MR) is 82.9 cm³/mol. The molecule has 0 aromatic heterocycles. The van der Waals surface area contributed by atoms with Gasteiger partial charge in [0.05, 0.1) is 13.5 Å². The third-order valence-corrected chi connectivity index (χ3v) is 4.22. The number of carbonyl (C=O) groups excluding carboxylic acids is 1. The summed E-state index contributed by atoms with van der Waals surface area (Å²) in [6, 6.07) is 4.07. The number of methoxy groups -OCH3 is 1. The highest BCUT2D eigenvalue weighted by Crippen LogP contribution is 2.25. The van der Waals surface area contributed by atoms with Crippen LogP contribution in [-0.4, -0.2) is 41.6 Å². The molecule has 0 aliphatic carbocycles. The molecule has 0 radical (unpaired) electrons. The number of benzene rings is 1. The molecule has 5 nitrogen and oxygen atoms in total. The minimum absolute atomic E-state index is 0.0492. The van der Waals surface area contributed by atoms with Crippen LogP contribution >= 0.6 is 0 Å². The van der Waals surface area contributed by atoms with E-state index in [9.17, 15) is 14.0 Å². The first-order valence-corrected chi connectivity index (χ1v) is 7.85. The number of likely N-dealkylation sites (tertiary alicyclic amines) is 1. The summed E-state index contributed by atoms with van der Waals surface area (Å²) in [5.41, 5.74) is 0.514. The fraction of sp³-hybridized carbons (Fsp3) is 0.529. The first-order chi connectivity index (χ1) is 11.0. The molecule has 0 spiro atoms. The zero-order valence-corrected chi connectivity index (χ0v) is 13.3. The van der Waals surface area contributed by atoms with Crippen molar-refractivity contribution < 1.29 is 23.8 Å². The van der Waals surface area contributed by atoms with Gasteiger partial charge in [0.2, 0.25) is 5.91 Å². The Bertz CT molecular complexity index is 576. The molecule has 1 N–H and O–H groups in total. The highest BCUT2D eigenvalue weighted by molar-refractivity contribution is 5.80. The Kier molecular flexibility index (Phi) is 5.96. The number of carbonyl (C=O) groups is 2. The zero-order valence-electron chi connectivity index (χ0n) is 13.3. The largest absolute Gasteiger partial charge is 0.496 e. The van der Waals surface area contributed by atoms with Crippen LogP contribution in [0.2, 0.25) is 0 Å². The van der Waals surface area contributed by atoms with E-state index in [4.69, 9.17) is 9.84 Å². The van der Waals surface area contributed by atoms with Crippen molar-refractivity contribution in [3.63, 3.8) is 0 Å². The number of nitrogens with zero attached hydrogens (tertiary/aromatic N) is 1. The number of amides is 1. The van der Waals surface area contributed by atoms with Gasteiger partial charge in [-0.15, -0.1) is 0 Å². The second kappa shape index (κ2) is 7.94. The summed E-state index contributed by atoms with van der Waals surface area (Å²) in [6.45, 7) is 0.626. The number of carboxylic acid groups (broad SMARTS) is 1. The molecule has 0 bridgehead atoms. The molecule has 1 atom stereocenters. The van der Waals surface area contributed by atoms with Gasteiger partial charge in [-0.1, -0.05) is 0 Å². The van der Waals surface area contributed by atoms with Gasteiger partial charge in [-0.25, -0.2) is 4.39 Å². The first-order valence-electron chi connectivity index (χ1n) is 7.85. The highest BCUT2D eigenvalue weighted by Gasteiger charge is 2.27. The summed E-state index contributed by atoms with van der Waals surface area (Å²) in [4.78, 5) is 25.1. The highest BCUT2D eigenvalue weighted by atomic mass is 19.1. The summed E-state index contributed by atoms with van der Waals surface area (Å²) in [5, 5.41) is 8.84. The standard InChI is InChI=1S/C17H22FNO4/c1-23-15-7-5-13(18)10-12(15)11-16(20)19-9-3-2-4-14(19)6-8-17(21)22/h5,7,10,14H,2-4,6,8-9,11H2,1H3,(H,21,22). The summed E-state index contributed by atoms with van der Waals surface area (Å²) in [5.74, 6) is -0.882. The maximum absolute atomic E-state index is 13.4. The van der Waals surface area contributed by atoms with Crippen molar-refractivity contribution in [3.05, 3.63) is 29.6 Å². The number of halogens is 1. The quantitative estimate of drug-likeness (QED) is 0.874. The van der Waals surface area contributed by atoms with Crippen LogP contribution in [0.25, 0.3) is 0 Å². The molecule has 1 unspecified atom stereocenters. The fourth-order valence-electron chi connectivity index (χ4n) is 3.07. The van der Waals surface area contributed by atoms with E-state index in [1.54, 1.807) is 4.90 Å². The average molecular weight is 323 g/mol. The molecule has 1 fully saturated rings. The molecule has 1 aromatic carbocycles. The van der Waals surface area contributed by atoms with Crippen LogP contribution in [0.1, 0.15) is 37.7 Å². The van der Waals surface area contributed by atoms with E-state index in [2.05, 4.69) is 0 Å². The molecular formula is C17H22FNO4. The summed E-state index contributed by atoms with van der Waals surface area (Å²) >= 11 is 0. The Morgan fingerprint density at radius 1 is 1.39 bits per heavy atom. The van der Waals surface area contributed by atoms with Gasteiger partial charge in [0.15, 0.2) is 0 Å². The van der Waals surface area contributed by atoms with Gasteiger partial charge < -0.3 is 14.7 Å². The fourth-order valence-corrected chi connectivity index (χ4v) is 3.07. The molecule has 1 saturated heterocycles. The number of aliphatic carboxylic acids is 1. The maximum atomic E-state index is 13.4. The van der Waals surface area contributed by atoms with Gasteiger partial charge >= 0.3 is 5.97 Å². The van der Waals surface area contributed by atoms with Crippen LogP contribution in [0.5, 0.6) is 5.75 Å². The van der Waals surface area contributed by atoms with E-state index < -0.39 is 11.8 Å². The lowest BCUT2D eigenvalue weighted by Crippen LogP contribution is -2.44. The molecule has 0 saturated carbocycles. The van der Waals surface area contributed by atoms with E-state index in [1.807, 2.05) is 0 Å². The smallest absolute Gasteiger partial charge is 0.303 e. The average Bonchev–Trinajstić information content (AvgIpc) is 2.53. The number of hydrogen-bond acceptors (Lipinski definition) is 3. The molecule has 1 aromatic rings. The van der Waals surface area contributed by atoms with Gasteiger partial charge in [0.1, 0.15) is 11.6 Å². The van der Waals surface area contributed by atoms with Crippen LogP contribution in [0.3, 0.4) is 0 Å². The molecule has 2 rings (SSSR count). The summed E-state index contributed by atoms with van der Waals surface area (Å²) < 4.78 is 18.6. The Balaban J connectivity index is 2.08.